The quantitative estimate of drug-likeness (QED) is 0.732. The zero-order chi connectivity index (χ0) is 12.1. The van der Waals surface area contributed by atoms with Crippen molar-refractivity contribution in [3.8, 4) is 0 Å². The number of carbonyl (C=O) groups is 1. The maximum Gasteiger partial charge on any atom is 0.219 e. The molecule has 0 N–H and O–H groups in total. The van der Waals surface area contributed by atoms with Gasteiger partial charge in [0.1, 0.15) is 0 Å². The number of amides is 1. The topological polar surface area (TPSA) is 23.6 Å². The molecule has 0 aromatic carbocycles. The van der Waals surface area contributed by atoms with Crippen molar-refractivity contribution in [3.63, 3.8) is 0 Å². The lowest BCUT2D eigenvalue weighted by Gasteiger charge is -2.34. The van der Waals surface area contributed by atoms with Crippen molar-refractivity contribution >= 4 is 5.91 Å². The van der Waals surface area contributed by atoms with E-state index in [1.807, 2.05) is 7.05 Å². The Bertz CT molecular complexity index is 222. The summed E-state index contributed by atoms with van der Waals surface area (Å²) in [7, 11) is 4.06. The summed E-state index contributed by atoms with van der Waals surface area (Å²) in [6.45, 7) is 5.81. The van der Waals surface area contributed by atoms with Crippen molar-refractivity contribution in [3.05, 3.63) is 0 Å². The fraction of sp³-hybridized carbons (Fsp3) is 0.923. The normalized spacial score (nSPS) is 25.8. The molecule has 0 spiro atoms. The van der Waals surface area contributed by atoms with Gasteiger partial charge in [0.2, 0.25) is 5.91 Å². The van der Waals surface area contributed by atoms with Crippen molar-refractivity contribution in [1.29, 1.82) is 0 Å². The average molecular weight is 226 g/mol. The summed E-state index contributed by atoms with van der Waals surface area (Å²) in [6, 6.07) is 0.733. The molecule has 94 valence electrons. The molecule has 0 bridgehead atoms. The predicted octanol–water partition coefficient (Wildman–Crippen LogP) is 1.98. The Morgan fingerprint density at radius 3 is 2.19 bits per heavy atom. The van der Waals surface area contributed by atoms with Crippen LogP contribution in [0.4, 0.5) is 0 Å². The van der Waals surface area contributed by atoms with Gasteiger partial charge in [0, 0.05) is 33.1 Å². The summed E-state index contributed by atoms with van der Waals surface area (Å²) in [5, 5.41) is 0. The van der Waals surface area contributed by atoms with Crippen LogP contribution in [0, 0.1) is 5.92 Å². The Labute approximate surface area is 99.8 Å². The Morgan fingerprint density at radius 1 is 1.12 bits per heavy atom. The number of rotatable bonds is 4. The lowest BCUT2D eigenvalue weighted by atomic mass is 9.87. The molecule has 0 radical (unpaired) electrons. The minimum absolute atomic E-state index is 0.158. The molecule has 0 unspecified atom stereocenters. The molecule has 1 aliphatic rings. The first kappa shape index (κ1) is 13.5. The van der Waals surface area contributed by atoms with Gasteiger partial charge >= 0.3 is 0 Å². The van der Waals surface area contributed by atoms with Crippen LogP contribution < -0.4 is 0 Å². The van der Waals surface area contributed by atoms with Crippen LogP contribution in [0.15, 0.2) is 0 Å². The summed E-state index contributed by atoms with van der Waals surface area (Å²) in [6.07, 6.45) is 5.36. The van der Waals surface area contributed by atoms with Gasteiger partial charge in [0.05, 0.1) is 0 Å². The number of hydrogen-bond donors (Lipinski definition) is 0. The summed E-state index contributed by atoms with van der Waals surface area (Å²) in [4.78, 5) is 15.3. The molecule has 0 aromatic heterocycles. The van der Waals surface area contributed by atoms with Crippen molar-refractivity contribution in [2.24, 2.45) is 5.92 Å². The van der Waals surface area contributed by atoms with E-state index in [1.54, 1.807) is 11.8 Å². The molecular formula is C13H26N2O. The monoisotopic (exact) mass is 226 g/mol. The van der Waals surface area contributed by atoms with E-state index in [9.17, 15) is 4.79 Å². The zero-order valence-electron chi connectivity index (χ0n) is 11.2. The van der Waals surface area contributed by atoms with Gasteiger partial charge in [-0.2, -0.15) is 0 Å². The fourth-order valence-corrected chi connectivity index (χ4v) is 2.33. The minimum atomic E-state index is 0.158. The first-order chi connectivity index (χ1) is 7.50. The van der Waals surface area contributed by atoms with Gasteiger partial charge in [-0.15, -0.1) is 0 Å². The number of hydrogen-bond acceptors (Lipinski definition) is 2. The van der Waals surface area contributed by atoms with E-state index in [2.05, 4.69) is 18.9 Å². The smallest absolute Gasteiger partial charge is 0.219 e. The number of likely N-dealkylation sites (N-methyl/N-ethyl adjacent to an activating group) is 2. The summed E-state index contributed by atoms with van der Waals surface area (Å²) < 4.78 is 0. The van der Waals surface area contributed by atoms with E-state index in [-0.39, 0.29) is 5.91 Å². The van der Waals surface area contributed by atoms with E-state index in [4.69, 9.17) is 0 Å². The van der Waals surface area contributed by atoms with E-state index in [0.29, 0.717) is 0 Å². The molecule has 0 heterocycles. The second-order valence-corrected chi connectivity index (χ2v) is 5.33. The van der Waals surface area contributed by atoms with E-state index in [0.717, 1.165) is 25.0 Å². The van der Waals surface area contributed by atoms with E-state index in [1.165, 1.54) is 25.7 Å². The third-order valence-corrected chi connectivity index (χ3v) is 3.93. The third kappa shape index (κ3) is 4.12. The molecule has 0 saturated heterocycles. The number of carbonyl (C=O) groups excluding carboxylic acids is 1. The molecule has 1 aliphatic carbocycles. The lowest BCUT2D eigenvalue weighted by Crippen LogP contribution is -2.40. The van der Waals surface area contributed by atoms with Gasteiger partial charge in [-0.25, -0.2) is 0 Å². The predicted molar refractivity (Wildman–Crippen MR) is 67.4 cm³/mol. The molecule has 1 amide bonds. The van der Waals surface area contributed by atoms with Crippen LogP contribution in [0.25, 0.3) is 0 Å². The zero-order valence-corrected chi connectivity index (χ0v) is 11.2. The molecule has 0 aliphatic heterocycles. The molecule has 3 heteroatoms. The highest BCUT2D eigenvalue weighted by Crippen LogP contribution is 2.26. The Hall–Kier alpha value is -0.570. The van der Waals surface area contributed by atoms with Crippen LogP contribution in [-0.4, -0.2) is 48.9 Å². The highest BCUT2D eigenvalue weighted by atomic mass is 16.2. The fourth-order valence-electron chi connectivity index (χ4n) is 2.33. The van der Waals surface area contributed by atoms with E-state index < -0.39 is 0 Å². The van der Waals surface area contributed by atoms with Crippen molar-refractivity contribution in [2.75, 3.05) is 27.2 Å². The van der Waals surface area contributed by atoms with Crippen LogP contribution >= 0.6 is 0 Å². The average Bonchev–Trinajstić information content (AvgIpc) is 2.26. The van der Waals surface area contributed by atoms with Crippen LogP contribution in [-0.2, 0) is 4.79 Å². The summed E-state index contributed by atoms with van der Waals surface area (Å²) >= 11 is 0. The molecule has 0 atom stereocenters. The molecule has 0 aromatic rings. The molecule has 1 rings (SSSR count). The van der Waals surface area contributed by atoms with Gasteiger partial charge in [0.15, 0.2) is 0 Å². The van der Waals surface area contributed by atoms with Gasteiger partial charge < -0.3 is 9.80 Å². The second kappa shape index (κ2) is 6.24. The van der Waals surface area contributed by atoms with Gasteiger partial charge in [0.25, 0.3) is 0 Å². The highest BCUT2D eigenvalue weighted by Gasteiger charge is 2.21. The first-order valence-electron chi connectivity index (χ1n) is 6.42. The Balaban J connectivity index is 2.24. The number of nitrogens with zero attached hydrogens (tertiary/aromatic N) is 2. The molecular weight excluding hydrogens is 200 g/mol. The third-order valence-electron chi connectivity index (χ3n) is 3.93. The molecule has 16 heavy (non-hydrogen) atoms. The van der Waals surface area contributed by atoms with Crippen LogP contribution in [0.5, 0.6) is 0 Å². The Morgan fingerprint density at radius 2 is 1.69 bits per heavy atom. The van der Waals surface area contributed by atoms with Crippen LogP contribution in [0.1, 0.15) is 39.5 Å². The maximum atomic E-state index is 11.1. The molecule has 3 nitrogen and oxygen atoms in total. The van der Waals surface area contributed by atoms with Crippen LogP contribution in [0.2, 0.25) is 0 Å². The Kier molecular flexibility index (Phi) is 5.26. The van der Waals surface area contributed by atoms with Gasteiger partial charge in [-0.1, -0.05) is 6.92 Å². The first-order valence-corrected chi connectivity index (χ1v) is 6.42. The van der Waals surface area contributed by atoms with Crippen molar-refractivity contribution in [2.45, 2.75) is 45.6 Å². The van der Waals surface area contributed by atoms with E-state index >= 15 is 0 Å². The van der Waals surface area contributed by atoms with Gasteiger partial charge in [-0.3, -0.25) is 4.79 Å². The largest absolute Gasteiger partial charge is 0.345 e. The van der Waals surface area contributed by atoms with Crippen molar-refractivity contribution in [1.82, 2.24) is 9.80 Å². The maximum absolute atomic E-state index is 11.1. The summed E-state index contributed by atoms with van der Waals surface area (Å²) in [5.41, 5.74) is 0. The van der Waals surface area contributed by atoms with Crippen molar-refractivity contribution < 1.29 is 4.79 Å². The van der Waals surface area contributed by atoms with Crippen LogP contribution in [0.3, 0.4) is 0 Å². The molecule has 1 saturated carbocycles. The highest BCUT2D eigenvalue weighted by molar-refractivity contribution is 5.72. The minimum Gasteiger partial charge on any atom is -0.345 e. The molecule has 1 fully saturated rings. The van der Waals surface area contributed by atoms with Gasteiger partial charge in [-0.05, 0) is 38.6 Å². The SMILES string of the molecule is CC(=O)N(C)CCN(C)C1CCC(C)CC1. The second-order valence-electron chi connectivity index (χ2n) is 5.33. The standard InChI is InChI=1S/C13H26N2O/c1-11-5-7-13(8-6-11)15(4)10-9-14(3)12(2)16/h11,13H,5-10H2,1-4H3. The lowest BCUT2D eigenvalue weighted by molar-refractivity contribution is -0.127. The summed E-state index contributed by atoms with van der Waals surface area (Å²) in [5.74, 6) is 1.07.